The van der Waals surface area contributed by atoms with Crippen LogP contribution in [0.1, 0.15) is 46.8 Å². The molecule has 0 aliphatic heterocycles. The highest BCUT2D eigenvalue weighted by Crippen LogP contribution is 2.41. The smallest absolute Gasteiger partial charge is 0.251 e. The highest BCUT2D eigenvalue weighted by atomic mass is 32.1. The van der Waals surface area contributed by atoms with Gasteiger partial charge in [-0.15, -0.1) is 11.3 Å². The first kappa shape index (κ1) is 11.5. The Hall–Kier alpha value is -1.62. The number of thiophene rings is 1. The summed E-state index contributed by atoms with van der Waals surface area (Å²) >= 11 is 1.64. The van der Waals surface area contributed by atoms with Crippen molar-refractivity contribution in [1.82, 2.24) is 4.98 Å². The van der Waals surface area contributed by atoms with Crippen molar-refractivity contribution in [3.63, 3.8) is 0 Å². The van der Waals surface area contributed by atoms with Crippen molar-refractivity contribution in [3.8, 4) is 0 Å². The van der Waals surface area contributed by atoms with Gasteiger partial charge >= 0.3 is 0 Å². The molecule has 0 spiro atoms. The van der Waals surface area contributed by atoms with Gasteiger partial charge in [-0.3, -0.25) is 4.79 Å². The Morgan fingerprint density at radius 1 is 1.39 bits per heavy atom. The number of hydrogen-bond acceptors (Lipinski definition) is 4. The Bertz CT molecular complexity index is 614. The van der Waals surface area contributed by atoms with E-state index in [-0.39, 0.29) is 0 Å². The van der Waals surface area contributed by atoms with Gasteiger partial charge in [-0.05, 0) is 24.8 Å². The summed E-state index contributed by atoms with van der Waals surface area (Å²) in [6.07, 6.45) is 6.51. The van der Waals surface area contributed by atoms with E-state index in [0.717, 1.165) is 10.1 Å². The number of rotatable bonds is 2. The SMILES string of the molecule is NC(=O)c1cnc(N)c2cc(C3CCCC3)sc12. The molecule has 2 aromatic heterocycles. The molecule has 3 rings (SSSR count). The molecule has 0 unspecified atom stereocenters. The Morgan fingerprint density at radius 3 is 2.78 bits per heavy atom. The third-order valence-electron chi connectivity index (χ3n) is 3.63. The van der Waals surface area contributed by atoms with Crippen LogP contribution in [0, 0.1) is 0 Å². The van der Waals surface area contributed by atoms with Crippen LogP contribution < -0.4 is 11.5 Å². The van der Waals surface area contributed by atoms with Gasteiger partial charge < -0.3 is 11.5 Å². The van der Waals surface area contributed by atoms with E-state index in [0.29, 0.717) is 17.3 Å². The number of aromatic nitrogens is 1. The molecule has 2 aromatic rings. The molecule has 0 aromatic carbocycles. The lowest BCUT2D eigenvalue weighted by atomic mass is 10.1. The number of anilines is 1. The highest BCUT2D eigenvalue weighted by Gasteiger charge is 2.21. The molecular formula is C13H15N3OS. The second kappa shape index (κ2) is 4.24. The van der Waals surface area contributed by atoms with Crippen LogP contribution in [0.15, 0.2) is 12.3 Å². The van der Waals surface area contributed by atoms with Crippen molar-refractivity contribution in [2.75, 3.05) is 5.73 Å². The van der Waals surface area contributed by atoms with Crippen molar-refractivity contribution in [3.05, 3.63) is 22.7 Å². The number of fused-ring (bicyclic) bond motifs is 1. The summed E-state index contributed by atoms with van der Waals surface area (Å²) in [6.45, 7) is 0. The Morgan fingerprint density at radius 2 is 2.11 bits per heavy atom. The van der Waals surface area contributed by atoms with E-state index in [9.17, 15) is 4.79 Å². The lowest BCUT2D eigenvalue weighted by molar-refractivity contribution is 0.100. The van der Waals surface area contributed by atoms with E-state index in [1.165, 1.54) is 36.8 Å². The monoisotopic (exact) mass is 261 g/mol. The summed E-state index contributed by atoms with van der Waals surface area (Å²) in [5.41, 5.74) is 11.7. The van der Waals surface area contributed by atoms with Gasteiger partial charge in [0.15, 0.2) is 0 Å². The molecule has 0 atom stereocenters. The first-order valence-corrected chi connectivity index (χ1v) is 6.96. The molecule has 2 heterocycles. The van der Waals surface area contributed by atoms with E-state index < -0.39 is 5.91 Å². The number of pyridine rings is 1. The van der Waals surface area contributed by atoms with Crippen LogP contribution in [0.3, 0.4) is 0 Å². The van der Waals surface area contributed by atoms with Gasteiger partial charge in [0, 0.05) is 16.5 Å². The topological polar surface area (TPSA) is 82.0 Å². The van der Waals surface area contributed by atoms with Crippen molar-refractivity contribution in [2.24, 2.45) is 5.73 Å². The Kier molecular flexibility index (Phi) is 2.70. The minimum Gasteiger partial charge on any atom is -0.383 e. The molecule has 4 nitrogen and oxygen atoms in total. The fraction of sp³-hybridized carbons (Fsp3) is 0.385. The lowest BCUT2D eigenvalue weighted by Gasteiger charge is -2.03. The maximum Gasteiger partial charge on any atom is 0.251 e. The molecule has 0 bridgehead atoms. The lowest BCUT2D eigenvalue weighted by Crippen LogP contribution is -2.11. The molecule has 94 valence electrons. The summed E-state index contributed by atoms with van der Waals surface area (Å²) < 4.78 is 0.886. The molecule has 5 heteroatoms. The number of hydrogen-bond donors (Lipinski definition) is 2. The van der Waals surface area contributed by atoms with Crippen molar-refractivity contribution < 1.29 is 4.79 Å². The standard InChI is InChI=1S/C13H15N3OS/c14-12-8-5-10(7-3-1-2-4-7)18-11(8)9(6-16-12)13(15)17/h5-7H,1-4H2,(H2,14,16)(H2,15,17). The zero-order valence-electron chi connectivity index (χ0n) is 9.98. The van der Waals surface area contributed by atoms with E-state index in [4.69, 9.17) is 11.5 Å². The number of carbonyl (C=O) groups excluding carboxylic acids is 1. The molecule has 0 radical (unpaired) electrons. The first-order valence-electron chi connectivity index (χ1n) is 6.14. The van der Waals surface area contributed by atoms with E-state index in [1.54, 1.807) is 11.3 Å². The van der Waals surface area contributed by atoms with Gasteiger partial charge in [-0.1, -0.05) is 12.8 Å². The van der Waals surface area contributed by atoms with Crippen LogP contribution in [0.5, 0.6) is 0 Å². The average Bonchev–Trinajstić information content (AvgIpc) is 2.97. The van der Waals surface area contributed by atoms with Gasteiger partial charge in [0.25, 0.3) is 5.91 Å². The third kappa shape index (κ3) is 1.75. The van der Waals surface area contributed by atoms with Crippen LogP contribution in [-0.2, 0) is 0 Å². The van der Waals surface area contributed by atoms with E-state index in [2.05, 4.69) is 11.1 Å². The molecular weight excluding hydrogens is 246 g/mol. The van der Waals surface area contributed by atoms with Crippen LogP contribution in [0.4, 0.5) is 5.82 Å². The Labute approximate surface area is 109 Å². The van der Waals surface area contributed by atoms with Gasteiger partial charge in [-0.25, -0.2) is 4.98 Å². The fourth-order valence-electron chi connectivity index (χ4n) is 2.65. The van der Waals surface area contributed by atoms with Gasteiger partial charge in [-0.2, -0.15) is 0 Å². The number of nitrogens with two attached hydrogens (primary N) is 2. The largest absolute Gasteiger partial charge is 0.383 e. The van der Waals surface area contributed by atoms with Crippen LogP contribution in [0.25, 0.3) is 10.1 Å². The summed E-state index contributed by atoms with van der Waals surface area (Å²) in [5.74, 6) is 0.658. The molecule has 1 aliphatic rings. The van der Waals surface area contributed by atoms with Crippen LogP contribution >= 0.6 is 11.3 Å². The van der Waals surface area contributed by atoms with Crippen molar-refractivity contribution >= 4 is 33.1 Å². The van der Waals surface area contributed by atoms with E-state index >= 15 is 0 Å². The summed E-state index contributed by atoms with van der Waals surface area (Å²) in [7, 11) is 0. The predicted octanol–water partition coefficient (Wildman–Crippen LogP) is 2.64. The zero-order chi connectivity index (χ0) is 12.7. The molecule has 4 N–H and O–H groups in total. The third-order valence-corrected chi connectivity index (χ3v) is 4.96. The molecule has 18 heavy (non-hydrogen) atoms. The maximum atomic E-state index is 11.4. The second-order valence-electron chi connectivity index (χ2n) is 4.79. The molecule has 1 amide bonds. The average molecular weight is 261 g/mol. The summed E-state index contributed by atoms with van der Waals surface area (Å²) in [6, 6.07) is 2.09. The second-order valence-corrected chi connectivity index (χ2v) is 5.88. The quantitative estimate of drug-likeness (QED) is 0.871. The summed E-state index contributed by atoms with van der Waals surface area (Å²) in [5, 5.41) is 0.873. The highest BCUT2D eigenvalue weighted by molar-refractivity contribution is 7.19. The van der Waals surface area contributed by atoms with E-state index in [1.807, 2.05) is 0 Å². The van der Waals surface area contributed by atoms with Crippen LogP contribution in [-0.4, -0.2) is 10.9 Å². The maximum absolute atomic E-state index is 11.4. The Balaban J connectivity index is 2.17. The van der Waals surface area contributed by atoms with Crippen LogP contribution in [0.2, 0.25) is 0 Å². The van der Waals surface area contributed by atoms with Crippen molar-refractivity contribution in [1.29, 1.82) is 0 Å². The number of amides is 1. The fourth-order valence-corrected chi connectivity index (χ4v) is 4.00. The first-order chi connectivity index (χ1) is 8.66. The minimum absolute atomic E-state index is 0.438. The number of carbonyl (C=O) groups is 1. The normalized spacial score (nSPS) is 16.4. The van der Waals surface area contributed by atoms with Crippen molar-refractivity contribution in [2.45, 2.75) is 31.6 Å². The molecule has 1 saturated carbocycles. The molecule has 1 fully saturated rings. The minimum atomic E-state index is -0.438. The zero-order valence-corrected chi connectivity index (χ0v) is 10.8. The number of primary amides is 1. The summed E-state index contributed by atoms with van der Waals surface area (Å²) in [4.78, 5) is 16.8. The van der Waals surface area contributed by atoms with Gasteiger partial charge in [0.2, 0.25) is 0 Å². The molecule has 1 aliphatic carbocycles. The number of nitrogens with zero attached hydrogens (tertiary/aromatic N) is 1. The molecule has 0 saturated heterocycles. The predicted molar refractivity (Wildman–Crippen MR) is 73.8 cm³/mol. The number of nitrogen functional groups attached to an aromatic ring is 1. The van der Waals surface area contributed by atoms with Gasteiger partial charge in [0.05, 0.1) is 10.3 Å². The van der Waals surface area contributed by atoms with Gasteiger partial charge in [0.1, 0.15) is 5.82 Å².